The molecule has 3 rings (SSSR count). The number of phenolic OH excluding ortho intramolecular Hbond substituents is 1. The third-order valence-corrected chi connectivity index (χ3v) is 3.64. The maximum atomic E-state index is 9.93. The Morgan fingerprint density at radius 3 is 3.00 bits per heavy atom. The molecule has 0 aliphatic carbocycles. The SMILES string of the molecule is Oc1c(Br)cc(Cl)cc1C=Nc1ccc2nc[nH]c2c1. The Hall–Kier alpha value is -1.85. The van der Waals surface area contributed by atoms with E-state index in [0.29, 0.717) is 15.1 Å². The lowest BCUT2D eigenvalue weighted by atomic mass is 10.2. The highest BCUT2D eigenvalue weighted by molar-refractivity contribution is 9.10. The van der Waals surface area contributed by atoms with Crippen molar-refractivity contribution in [3.63, 3.8) is 0 Å². The Morgan fingerprint density at radius 1 is 1.30 bits per heavy atom. The van der Waals surface area contributed by atoms with Crippen molar-refractivity contribution >= 4 is 50.5 Å². The van der Waals surface area contributed by atoms with E-state index in [1.165, 1.54) is 0 Å². The molecule has 20 heavy (non-hydrogen) atoms. The third kappa shape index (κ3) is 2.55. The van der Waals surface area contributed by atoms with E-state index in [2.05, 4.69) is 30.9 Å². The van der Waals surface area contributed by atoms with E-state index in [-0.39, 0.29) is 5.75 Å². The first-order chi connectivity index (χ1) is 9.63. The Bertz CT molecular complexity index is 813. The minimum Gasteiger partial charge on any atom is -0.506 e. The normalized spacial score (nSPS) is 11.5. The molecule has 100 valence electrons. The average Bonchev–Trinajstić information content (AvgIpc) is 2.88. The molecule has 0 saturated heterocycles. The monoisotopic (exact) mass is 349 g/mol. The number of nitrogens with one attached hydrogen (secondary N) is 1. The predicted molar refractivity (Wildman–Crippen MR) is 84.2 cm³/mol. The van der Waals surface area contributed by atoms with Gasteiger partial charge in [-0.3, -0.25) is 4.99 Å². The van der Waals surface area contributed by atoms with E-state index in [1.54, 1.807) is 24.7 Å². The summed E-state index contributed by atoms with van der Waals surface area (Å²) in [6.45, 7) is 0. The second-order valence-corrected chi connectivity index (χ2v) is 5.48. The van der Waals surface area contributed by atoms with Gasteiger partial charge >= 0.3 is 0 Å². The van der Waals surface area contributed by atoms with Gasteiger partial charge in [0.25, 0.3) is 0 Å². The maximum absolute atomic E-state index is 9.93. The highest BCUT2D eigenvalue weighted by Gasteiger charge is 2.05. The second-order valence-electron chi connectivity index (χ2n) is 4.19. The number of aromatic hydroxyl groups is 1. The molecule has 0 atom stereocenters. The fraction of sp³-hybridized carbons (Fsp3) is 0. The van der Waals surface area contributed by atoms with Crippen molar-refractivity contribution in [3.8, 4) is 5.75 Å². The van der Waals surface area contributed by atoms with Gasteiger partial charge in [-0.2, -0.15) is 0 Å². The van der Waals surface area contributed by atoms with E-state index in [0.717, 1.165) is 16.7 Å². The first-order valence-corrected chi connectivity index (χ1v) is 6.96. The van der Waals surface area contributed by atoms with Gasteiger partial charge in [0.2, 0.25) is 0 Å². The molecule has 1 aromatic heterocycles. The molecule has 3 aromatic rings. The first-order valence-electron chi connectivity index (χ1n) is 5.79. The number of H-pyrrole nitrogens is 1. The van der Waals surface area contributed by atoms with Crippen LogP contribution >= 0.6 is 27.5 Å². The molecule has 0 bridgehead atoms. The van der Waals surface area contributed by atoms with Gasteiger partial charge in [-0.05, 0) is 46.3 Å². The number of nitrogens with zero attached hydrogens (tertiary/aromatic N) is 2. The number of aromatic nitrogens is 2. The zero-order valence-electron chi connectivity index (χ0n) is 10.1. The summed E-state index contributed by atoms with van der Waals surface area (Å²) < 4.78 is 0.537. The van der Waals surface area contributed by atoms with Gasteiger partial charge in [0, 0.05) is 16.8 Å². The van der Waals surface area contributed by atoms with Crippen LogP contribution in [0, 0.1) is 0 Å². The molecule has 0 fully saturated rings. The summed E-state index contributed by atoms with van der Waals surface area (Å²) in [7, 11) is 0. The van der Waals surface area contributed by atoms with Gasteiger partial charge in [-0.1, -0.05) is 11.6 Å². The van der Waals surface area contributed by atoms with Crippen molar-refractivity contribution in [2.24, 2.45) is 4.99 Å². The van der Waals surface area contributed by atoms with Gasteiger partial charge in [0.15, 0.2) is 0 Å². The standard InChI is InChI=1S/C14H9BrClN3O/c15-11-4-9(16)3-8(14(11)20)6-17-10-1-2-12-13(5-10)19-7-18-12/h1-7,20H,(H,18,19). The lowest BCUT2D eigenvalue weighted by Crippen LogP contribution is -1.84. The fourth-order valence-electron chi connectivity index (χ4n) is 1.83. The van der Waals surface area contributed by atoms with Crippen molar-refractivity contribution in [1.29, 1.82) is 0 Å². The molecule has 0 saturated carbocycles. The summed E-state index contributed by atoms with van der Waals surface area (Å²) in [6, 6.07) is 8.91. The van der Waals surface area contributed by atoms with E-state index in [1.807, 2.05) is 18.2 Å². The van der Waals surface area contributed by atoms with Crippen LogP contribution in [0.2, 0.25) is 5.02 Å². The van der Waals surface area contributed by atoms with Crippen molar-refractivity contribution in [3.05, 3.63) is 51.7 Å². The summed E-state index contributed by atoms with van der Waals surface area (Å²) in [6.07, 6.45) is 3.21. The maximum Gasteiger partial charge on any atom is 0.138 e. The molecule has 0 aliphatic rings. The number of phenols is 1. The quantitative estimate of drug-likeness (QED) is 0.671. The van der Waals surface area contributed by atoms with Gasteiger partial charge < -0.3 is 10.1 Å². The van der Waals surface area contributed by atoms with Gasteiger partial charge in [0.1, 0.15) is 5.75 Å². The number of rotatable bonds is 2. The average molecular weight is 351 g/mol. The van der Waals surface area contributed by atoms with E-state index >= 15 is 0 Å². The highest BCUT2D eigenvalue weighted by Crippen LogP contribution is 2.30. The molecule has 0 radical (unpaired) electrons. The summed E-state index contributed by atoms with van der Waals surface area (Å²) in [5.74, 6) is 0.112. The molecule has 0 unspecified atom stereocenters. The van der Waals surface area contributed by atoms with Crippen LogP contribution < -0.4 is 0 Å². The zero-order valence-corrected chi connectivity index (χ0v) is 12.5. The first kappa shape index (κ1) is 13.1. The van der Waals surface area contributed by atoms with Crippen LogP contribution in [0.25, 0.3) is 11.0 Å². The molecule has 0 amide bonds. The molecule has 2 aromatic carbocycles. The number of aromatic amines is 1. The zero-order chi connectivity index (χ0) is 14.1. The molecule has 2 N–H and O–H groups in total. The summed E-state index contributed by atoms with van der Waals surface area (Å²) in [4.78, 5) is 11.5. The van der Waals surface area contributed by atoms with Crippen LogP contribution in [0.3, 0.4) is 0 Å². The second kappa shape index (κ2) is 5.26. The molecule has 1 heterocycles. The van der Waals surface area contributed by atoms with Crippen LogP contribution in [-0.4, -0.2) is 21.3 Å². The lowest BCUT2D eigenvalue weighted by molar-refractivity contribution is 0.471. The van der Waals surface area contributed by atoms with Crippen molar-refractivity contribution in [2.75, 3.05) is 0 Å². The number of fused-ring (bicyclic) bond motifs is 1. The fourth-order valence-corrected chi connectivity index (χ4v) is 2.67. The number of aliphatic imine (C=N–C) groups is 1. The molecule has 0 spiro atoms. The number of imidazole rings is 1. The van der Waals surface area contributed by atoms with Crippen LogP contribution in [-0.2, 0) is 0 Å². The summed E-state index contributed by atoms with van der Waals surface area (Å²) >= 11 is 9.19. The molecule has 4 nitrogen and oxygen atoms in total. The topological polar surface area (TPSA) is 61.3 Å². The number of halogens is 2. The molecule has 0 aliphatic heterocycles. The lowest BCUT2D eigenvalue weighted by Gasteiger charge is -2.02. The smallest absolute Gasteiger partial charge is 0.138 e. The van der Waals surface area contributed by atoms with E-state index < -0.39 is 0 Å². The third-order valence-electron chi connectivity index (χ3n) is 2.81. The Morgan fingerprint density at radius 2 is 2.15 bits per heavy atom. The van der Waals surface area contributed by atoms with Crippen molar-refractivity contribution in [2.45, 2.75) is 0 Å². The minimum atomic E-state index is 0.112. The largest absolute Gasteiger partial charge is 0.506 e. The van der Waals surface area contributed by atoms with Crippen LogP contribution in [0.15, 0.2) is 46.1 Å². The highest BCUT2D eigenvalue weighted by atomic mass is 79.9. The van der Waals surface area contributed by atoms with Gasteiger partial charge in [-0.15, -0.1) is 0 Å². The van der Waals surface area contributed by atoms with Crippen LogP contribution in [0.5, 0.6) is 5.75 Å². The van der Waals surface area contributed by atoms with Gasteiger partial charge in [0.05, 0.1) is 27.5 Å². The Labute approximate surface area is 128 Å². The van der Waals surface area contributed by atoms with Gasteiger partial charge in [-0.25, -0.2) is 4.98 Å². The molecular formula is C14H9BrClN3O. The summed E-state index contributed by atoms with van der Waals surface area (Å²) in [5, 5.41) is 10.5. The Balaban J connectivity index is 1.97. The van der Waals surface area contributed by atoms with E-state index in [9.17, 15) is 5.11 Å². The molecule has 6 heteroatoms. The molecular weight excluding hydrogens is 342 g/mol. The minimum absolute atomic E-state index is 0.112. The van der Waals surface area contributed by atoms with Crippen LogP contribution in [0.4, 0.5) is 5.69 Å². The predicted octanol–water partition coefficient (Wildman–Crippen LogP) is 4.44. The number of benzene rings is 2. The Kier molecular flexibility index (Phi) is 3.46. The van der Waals surface area contributed by atoms with Crippen molar-refractivity contribution < 1.29 is 5.11 Å². The summed E-state index contributed by atoms with van der Waals surface area (Å²) in [5.41, 5.74) is 3.11. The van der Waals surface area contributed by atoms with Crippen LogP contribution in [0.1, 0.15) is 5.56 Å². The van der Waals surface area contributed by atoms with Crippen molar-refractivity contribution in [1.82, 2.24) is 9.97 Å². The number of hydrogen-bond acceptors (Lipinski definition) is 3. The number of hydrogen-bond donors (Lipinski definition) is 2. The van der Waals surface area contributed by atoms with E-state index in [4.69, 9.17) is 11.6 Å².